The van der Waals surface area contributed by atoms with Gasteiger partial charge in [-0.15, -0.1) is 0 Å². The first kappa shape index (κ1) is 17.3. The quantitative estimate of drug-likeness (QED) is 0.368. The van der Waals surface area contributed by atoms with Crippen molar-refractivity contribution in [3.8, 4) is 11.5 Å². The molecule has 3 nitrogen and oxygen atoms in total. The number of fused-ring (bicyclic) bond motifs is 2. The molecule has 31 heavy (non-hydrogen) atoms. The van der Waals surface area contributed by atoms with Gasteiger partial charge in [0, 0.05) is 0 Å². The third-order valence-corrected chi connectivity index (χ3v) is 11.8. The molecule has 2 aliphatic heterocycles. The molecule has 2 N–H and O–H groups in total. The molecule has 1 spiro atoms. The van der Waals surface area contributed by atoms with Crippen molar-refractivity contribution in [2.24, 2.45) is 5.73 Å². The van der Waals surface area contributed by atoms with Crippen LogP contribution in [0.1, 0.15) is 11.3 Å². The van der Waals surface area contributed by atoms with Crippen molar-refractivity contribution in [2.75, 3.05) is 0 Å². The van der Waals surface area contributed by atoms with Gasteiger partial charge in [-0.2, -0.15) is 0 Å². The molecule has 0 radical (unpaired) electrons. The average molecular weight is 421 g/mol. The number of hydrogen-bond donors (Lipinski definition) is 1. The van der Waals surface area contributed by atoms with Crippen molar-refractivity contribution in [1.82, 2.24) is 0 Å². The first-order valence-corrected chi connectivity index (χ1v) is 12.6. The molecule has 0 fully saturated rings. The maximum absolute atomic E-state index is 7.25. The molecule has 2 heterocycles. The van der Waals surface area contributed by atoms with Gasteiger partial charge in [0.15, 0.2) is 0 Å². The van der Waals surface area contributed by atoms with Crippen molar-refractivity contribution in [3.05, 3.63) is 109 Å². The summed E-state index contributed by atoms with van der Waals surface area (Å²) in [7, 11) is -3.82. The number of hydrogen-bond acceptors (Lipinski definition) is 3. The summed E-state index contributed by atoms with van der Waals surface area (Å²) in [4.78, 5) is 0. The molecule has 5 aromatic carbocycles. The zero-order valence-corrected chi connectivity index (χ0v) is 17.6. The van der Waals surface area contributed by atoms with E-state index < -0.39 is 12.8 Å². The summed E-state index contributed by atoms with van der Waals surface area (Å²) in [5, 5.41) is 6.67. The molecule has 0 saturated carbocycles. The molecule has 0 aromatic heterocycles. The van der Waals surface area contributed by atoms with E-state index in [-0.39, 0.29) is 0 Å². The van der Waals surface area contributed by atoms with E-state index in [2.05, 4.69) is 60.7 Å². The maximum atomic E-state index is 7.25. The van der Waals surface area contributed by atoms with Crippen LogP contribution >= 0.6 is 7.06 Å². The zero-order valence-electron chi connectivity index (χ0n) is 16.7. The minimum absolute atomic E-state index is 0.469. The van der Waals surface area contributed by atoms with E-state index in [1.54, 1.807) is 0 Å². The van der Waals surface area contributed by atoms with Crippen molar-refractivity contribution in [3.63, 3.8) is 0 Å². The summed E-state index contributed by atoms with van der Waals surface area (Å²) in [6.45, 7) is 0. The standard InChI is InChI=1S/C27H20NO2P/c28-27(20-8-2-1-3-9-20)31(23-16-6-12-18-10-4-14-21(29-31)25(18)23)24-17-7-13-19-11-5-15-22(30-31)26(19)24/h1-17,27H,28H2. The molecule has 1 atom stereocenters. The molecule has 5 aromatic rings. The first-order valence-electron chi connectivity index (χ1n) is 10.5. The molecule has 4 heteroatoms. The minimum atomic E-state index is -3.82. The Labute approximate surface area is 180 Å². The van der Waals surface area contributed by atoms with Crippen LogP contribution in [0.3, 0.4) is 0 Å². The zero-order chi connectivity index (χ0) is 20.7. The van der Waals surface area contributed by atoms with Gasteiger partial charge in [0.2, 0.25) is 0 Å². The first-order chi connectivity index (χ1) is 15.2. The van der Waals surface area contributed by atoms with E-state index in [1.807, 2.05) is 42.5 Å². The molecule has 0 saturated heterocycles. The van der Waals surface area contributed by atoms with Crippen molar-refractivity contribution >= 4 is 39.2 Å². The Hall–Kier alpha value is -3.39. The van der Waals surface area contributed by atoms with Crippen LogP contribution in [0, 0.1) is 0 Å². The second-order valence-corrected chi connectivity index (χ2v) is 12.2. The fraction of sp³-hybridized carbons (Fsp3) is 0.0370. The third-order valence-electron chi connectivity index (χ3n) is 6.81. The molecule has 2 aliphatic rings. The Bertz CT molecular complexity index is 1430. The summed E-state index contributed by atoms with van der Waals surface area (Å²) in [6, 6.07) is 35.4. The normalized spacial score (nSPS) is 18.9. The molecule has 0 aliphatic carbocycles. The average Bonchev–Trinajstić information content (AvgIpc) is 3.29. The van der Waals surface area contributed by atoms with E-state index in [9.17, 15) is 0 Å². The number of benzene rings is 5. The van der Waals surface area contributed by atoms with E-state index in [1.165, 1.54) is 0 Å². The summed E-state index contributed by atoms with van der Waals surface area (Å²) in [5.74, 6) is 1.23. The molecule has 0 amide bonds. The molecule has 7 rings (SSSR count). The monoisotopic (exact) mass is 421 g/mol. The molecule has 1 unspecified atom stereocenters. The Morgan fingerprint density at radius 3 is 1.55 bits per heavy atom. The van der Waals surface area contributed by atoms with Crippen LogP contribution in [0.5, 0.6) is 11.5 Å². The Morgan fingerprint density at radius 2 is 1.03 bits per heavy atom. The van der Waals surface area contributed by atoms with Crippen LogP contribution < -0.4 is 25.4 Å². The third kappa shape index (κ3) is 1.88. The number of nitrogens with two attached hydrogens (primary N) is 1. The van der Waals surface area contributed by atoms with E-state index in [4.69, 9.17) is 14.8 Å². The molecular weight excluding hydrogens is 401 g/mol. The summed E-state index contributed by atoms with van der Waals surface area (Å²) in [6.07, 6.45) is 0. The van der Waals surface area contributed by atoms with Crippen LogP contribution in [0.15, 0.2) is 103 Å². The number of rotatable bonds is 2. The summed E-state index contributed by atoms with van der Waals surface area (Å²) in [5.41, 5.74) is 8.26. The van der Waals surface area contributed by atoms with Crippen LogP contribution in [-0.4, -0.2) is 0 Å². The second-order valence-electron chi connectivity index (χ2n) is 8.32. The van der Waals surface area contributed by atoms with E-state index >= 15 is 0 Å². The molecular formula is C27H20NO2P. The van der Waals surface area contributed by atoms with Gasteiger partial charge in [-0.25, -0.2) is 0 Å². The van der Waals surface area contributed by atoms with Crippen molar-refractivity contribution in [2.45, 2.75) is 5.78 Å². The van der Waals surface area contributed by atoms with Gasteiger partial charge in [0.25, 0.3) is 0 Å². The SMILES string of the molecule is NC(c1ccccc1)P12(Oc3cccc4cccc1c34)Oc1cccc3cccc2c13. The predicted molar refractivity (Wildman–Crippen MR) is 129 cm³/mol. The van der Waals surface area contributed by atoms with Gasteiger partial charge in [-0.1, -0.05) is 0 Å². The molecule has 0 bridgehead atoms. The topological polar surface area (TPSA) is 44.5 Å². The molecule has 150 valence electrons. The van der Waals surface area contributed by atoms with Crippen LogP contribution in [-0.2, 0) is 0 Å². The fourth-order valence-corrected chi connectivity index (χ4v) is 10.9. The van der Waals surface area contributed by atoms with Gasteiger partial charge >= 0.3 is 180 Å². The van der Waals surface area contributed by atoms with Gasteiger partial charge in [0.1, 0.15) is 0 Å². The second kappa shape index (κ2) is 5.64. The van der Waals surface area contributed by atoms with Gasteiger partial charge in [0.05, 0.1) is 0 Å². The summed E-state index contributed by atoms with van der Waals surface area (Å²) >= 11 is 0. The van der Waals surface area contributed by atoms with Crippen LogP contribution in [0.4, 0.5) is 0 Å². The van der Waals surface area contributed by atoms with Crippen molar-refractivity contribution < 1.29 is 9.05 Å². The summed E-state index contributed by atoms with van der Waals surface area (Å²) < 4.78 is 14.3. The fourth-order valence-electron chi connectivity index (χ4n) is 5.50. The van der Waals surface area contributed by atoms with Crippen LogP contribution in [0.2, 0.25) is 0 Å². The van der Waals surface area contributed by atoms with Gasteiger partial charge in [-0.3, -0.25) is 0 Å². The van der Waals surface area contributed by atoms with E-state index in [0.29, 0.717) is 0 Å². The Kier molecular flexibility index (Phi) is 3.15. The Morgan fingerprint density at radius 1 is 0.548 bits per heavy atom. The Balaban J connectivity index is 1.69. The van der Waals surface area contributed by atoms with E-state index in [0.717, 1.165) is 49.2 Å². The van der Waals surface area contributed by atoms with Gasteiger partial charge in [-0.05, 0) is 0 Å². The predicted octanol–water partition coefficient (Wildman–Crippen LogP) is 5.77. The van der Waals surface area contributed by atoms with Crippen LogP contribution in [0.25, 0.3) is 21.5 Å². The van der Waals surface area contributed by atoms with Crippen molar-refractivity contribution in [1.29, 1.82) is 0 Å². The van der Waals surface area contributed by atoms with Gasteiger partial charge < -0.3 is 0 Å².